The summed E-state index contributed by atoms with van der Waals surface area (Å²) in [5.74, 6) is -0.754. The number of rotatable bonds is 2. The van der Waals surface area contributed by atoms with Gasteiger partial charge in [0, 0.05) is 5.41 Å². The van der Waals surface area contributed by atoms with Gasteiger partial charge in [0.2, 0.25) is 0 Å². The van der Waals surface area contributed by atoms with E-state index in [0.717, 1.165) is 4.70 Å². The monoisotopic (exact) mass is 374 g/mol. The Morgan fingerprint density at radius 2 is 1.96 bits per heavy atom. The van der Waals surface area contributed by atoms with E-state index < -0.39 is 11.4 Å². The summed E-state index contributed by atoms with van der Waals surface area (Å²) in [6, 6.07) is 3.45. The minimum atomic E-state index is -0.624. The molecule has 1 aromatic carbocycles. The molecule has 0 aliphatic carbocycles. The fourth-order valence-electron chi connectivity index (χ4n) is 1.78. The van der Waals surface area contributed by atoms with Crippen LogP contribution in [0.1, 0.15) is 20.8 Å². The molecule has 0 atom stereocenters. The van der Waals surface area contributed by atoms with Crippen LogP contribution in [-0.4, -0.2) is 23.6 Å². The zero-order chi connectivity index (χ0) is 17.4. The van der Waals surface area contributed by atoms with Crippen molar-refractivity contribution >= 4 is 56.6 Å². The van der Waals surface area contributed by atoms with Gasteiger partial charge in [-0.1, -0.05) is 55.3 Å². The van der Waals surface area contributed by atoms with Crippen LogP contribution in [0.15, 0.2) is 17.1 Å². The molecule has 0 saturated carbocycles. The third-order valence-electron chi connectivity index (χ3n) is 3.09. The van der Waals surface area contributed by atoms with Crippen LogP contribution in [0.2, 0.25) is 10.0 Å². The van der Waals surface area contributed by atoms with E-state index in [1.165, 1.54) is 18.4 Å². The molecular formula is C15H16Cl2N2O3S. The third kappa shape index (κ3) is 3.76. The summed E-state index contributed by atoms with van der Waals surface area (Å²) in [7, 11) is 1.29. The van der Waals surface area contributed by atoms with Gasteiger partial charge in [-0.15, -0.1) is 0 Å². The highest BCUT2D eigenvalue weighted by molar-refractivity contribution is 7.16. The summed E-state index contributed by atoms with van der Waals surface area (Å²) in [6.45, 7) is 5.23. The molecule has 2 aromatic rings. The van der Waals surface area contributed by atoms with Gasteiger partial charge in [0.25, 0.3) is 5.91 Å². The first kappa shape index (κ1) is 18.0. The van der Waals surface area contributed by atoms with Gasteiger partial charge in [-0.3, -0.25) is 9.59 Å². The van der Waals surface area contributed by atoms with Gasteiger partial charge in [-0.2, -0.15) is 4.99 Å². The lowest BCUT2D eigenvalue weighted by molar-refractivity contribution is -0.141. The number of nitrogens with zero attached hydrogens (tertiary/aromatic N) is 2. The number of halogens is 2. The molecule has 8 heteroatoms. The van der Waals surface area contributed by atoms with Crippen LogP contribution in [0.5, 0.6) is 0 Å². The van der Waals surface area contributed by atoms with Crippen molar-refractivity contribution < 1.29 is 14.3 Å². The van der Waals surface area contributed by atoms with E-state index in [4.69, 9.17) is 27.9 Å². The van der Waals surface area contributed by atoms with Crippen molar-refractivity contribution in [2.75, 3.05) is 7.11 Å². The first-order chi connectivity index (χ1) is 10.6. The molecule has 0 saturated heterocycles. The molecule has 0 unspecified atom stereocenters. The van der Waals surface area contributed by atoms with Crippen LogP contribution in [0.25, 0.3) is 10.2 Å². The van der Waals surface area contributed by atoms with Gasteiger partial charge >= 0.3 is 5.97 Å². The molecule has 1 aromatic heterocycles. The molecule has 0 bridgehead atoms. The lowest BCUT2D eigenvalue weighted by Gasteiger charge is -2.12. The maximum Gasteiger partial charge on any atom is 0.325 e. The zero-order valence-corrected chi connectivity index (χ0v) is 15.5. The molecule has 0 aliphatic heterocycles. The van der Waals surface area contributed by atoms with Crippen molar-refractivity contribution in [2.45, 2.75) is 27.3 Å². The van der Waals surface area contributed by atoms with E-state index >= 15 is 0 Å². The predicted molar refractivity (Wildman–Crippen MR) is 91.9 cm³/mol. The standard InChI is InChI=1S/C15H16Cl2N2O3S/c1-15(2,3)13(21)18-14-19(7-10(20)22-4)12-9(23-14)6-5-8(16)11(12)17/h5-6H,7H2,1-4H3. The number of hydrogen-bond donors (Lipinski definition) is 0. The van der Waals surface area contributed by atoms with Crippen LogP contribution in [0.4, 0.5) is 0 Å². The van der Waals surface area contributed by atoms with E-state index in [0.29, 0.717) is 20.4 Å². The van der Waals surface area contributed by atoms with Crippen LogP contribution in [0.3, 0.4) is 0 Å². The summed E-state index contributed by atoms with van der Waals surface area (Å²) in [6.07, 6.45) is 0. The Balaban J connectivity index is 2.76. The quantitative estimate of drug-likeness (QED) is 0.753. The average Bonchev–Trinajstić information content (AvgIpc) is 2.80. The molecular weight excluding hydrogens is 359 g/mol. The largest absolute Gasteiger partial charge is 0.468 e. The summed E-state index contributed by atoms with van der Waals surface area (Å²) < 4.78 is 7.05. The number of thiazole rings is 1. The van der Waals surface area contributed by atoms with Gasteiger partial charge in [-0.25, -0.2) is 0 Å². The first-order valence-electron chi connectivity index (χ1n) is 6.78. The van der Waals surface area contributed by atoms with Gasteiger partial charge < -0.3 is 9.30 Å². The second-order valence-corrected chi connectivity index (χ2v) is 7.72. The van der Waals surface area contributed by atoms with Crippen LogP contribution in [-0.2, 0) is 20.9 Å². The molecule has 0 spiro atoms. The van der Waals surface area contributed by atoms with Crippen molar-refractivity contribution in [1.82, 2.24) is 4.57 Å². The Morgan fingerprint density at radius 1 is 1.30 bits per heavy atom. The summed E-state index contributed by atoms with van der Waals surface area (Å²) in [5, 5.41) is 0.679. The first-order valence-corrected chi connectivity index (χ1v) is 8.35. The Bertz CT molecular complexity index is 847. The number of methoxy groups -OCH3 is 1. The number of hydrogen-bond acceptors (Lipinski definition) is 4. The van der Waals surface area contributed by atoms with Crippen molar-refractivity contribution in [3.05, 3.63) is 27.0 Å². The molecule has 124 valence electrons. The van der Waals surface area contributed by atoms with Crippen LogP contribution in [0, 0.1) is 5.41 Å². The number of benzene rings is 1. The molecule has 2 rings (SSSR count). The van der Waals surface area contributed by atoms with Gasteiger partial charge in [0.15, 0.2) is 4.80 Å². The van der Waals surface area contributed by atoms with Crippen molar-refractivity contribution in [2.24, 2.45) is 10.4 Å². The Labute approximate surface area is 147 Å². The van der Waals surface area contributed by atoms with E-state index in [1.807, 2.05) is 0 Å². The zero-order valence-electron chi connectivity index (χ0n) is 13.1. The number of esters is 1. The van der Waals surface area contributed by atoms with Crippen LogP contribution >= 0.6 is 34.5 Å². The molecule has 0 N–H and O–H groups in total. The van der Waals surface area contributed by atoms with Crippen molar-refractivity contribution in [1.29, 1.82) is 0 Å². The van der Waals surface area contributed by atoms with E-state index in [-0.39, 0.29) is 12.5 Å². The van der Waals surface area contributed by atoms with Crippen molar-refractivity contribution in [3.63, 3.8) is 0 Å². The van der Waals surface area contributed by atoms with Gasteiger partial charge in [0.1, 0.15) is 6.54 Å². The Morgan fingerprint density at radius 3 is 2.52 bits per heavy atom. The van der Waals surface area contributed by atoms with Gasteiger partial charge in [-0.05, 0) is 12.1 Å². The maximum atomic E-state index is 12.2. The topological polar surface area (TPSA) is 60.7 Å². The summed E-state index contributed by atoms with van der Waals surface area (Å²) >= 11 is 13.6. The lowest BCUT2D eigenvalue weighted by Crippen LogP contribution is -2.26. The minimum absolute atomic E-state index is 0.104. The highest BCUT2D eigenvalue weighted by atomic mass is 35.5. The number of aromatic nitrogens is 1. The van der Waals surface area contributed by atoms with Gasteiger partial charge in [0.05, 0.1) is 27.4 Å². The number of fused-ring (bicyclic) bond motifs is 1. The Hall–Kier alpha value is -1.37. The van der Waals surface area contributed by atoms with E-state index in [1.54, 1.807) is 37.5 Å². The number of carbonyl (C=O) groups excluding carboxylic acids is 2. The molecule has 23 heavy (non-hydrogen) atoms. The molecule has 1 amide bonds. The summed E-state index contributed by atoms with van der Waals surface area (Å²) in [4.78, 5) is 28.5. The smallest absolute Gasteiger partial charge is 0.325 e. The molecule has 0 aliphatic rings. The summed E-state index contributed by atoms with van der Waals surface area (Å²) in [5.41, 5.74) is -0.0595. The fraction of sp³-hybridized carbons (Fsp3) is 0.400. The van der Waals surface area contributed by atoms with Crippen LogP contribution < -0.4 is 4.80 Å². The third-order valence-corrected chi connectivity index (χ3v) is 4.93. The second-order valence-electron chi connectivity index (χ2n) is 5.92. The van der Waals surface area contributed by atoms with E-state index in [9.17, 15) is 9.59 Å². The molecule has 0 fully saturated rings. The highest BCUT2D eigenvalue weighted by Gasteiger charge is 2.22. The highest BCUT2D eigenvalue weighted by Crippen LogP contribution is 2.32. The molecule has 0 radical (unpaired) electrons. The predicted octanol–water partition coefficient (Wildman–Crippen LogP) is 3.66. The lowest BCUT2D eigenvalue weighted by atomic mass is 9.96. The second kappa shape index (κ2) is 6.63. The maximum absolute atomic E-state index is 12.2. The van der Waals surface area contributed by atoms with Crippen molar-refractivity contribution in [3.8, 4) is 0 Å². The van der Waals surface area contributed by atoms with E-state index in [2.05, 4.69) is 4.99 Å². The molecule has 5 nitrogen and oxygen atoms in total. The normalized spacial score (nSPS) is 12.7. The Kier molecular flexibility index (Phi) is 5.18. The SMILES string of the molecule is COC(=O)Cn1c(=NC(=O)C(C)(C)C)sc2ccc(Cl)c(Cl)c21. The number of amides is 1. The average molecular weight is 375 g/mol. The number of ether oxygens (including phenoxy) is 1. The number of carbonyl (C=O) groups is 2. The fourth-order valence-corrected chi connectivity index (χ4v) is 3.29. The minimum Gasteiger partial charge on any atom is -0.468 e. The molecule has 1 heterocycles.